The van der Waals surface area contributed by atoms with Crippen LogP contribution in [0.25, 0.3) is 27.5 Å². The number of hydrogen-bond donors (Lipinski definition) is 0. The Bertz CT molecular complexity index is 1340. The molecule has 0 aliphatic carbocycles. The Morgan fingerprint density at radius 3 is 2.69 bits per heavy atom. The van der Waals surface area contributed by atoms with Gasteiger partial charge in [-0.2, -0.15) is 5.10 Å². The standard InChI is InChI=1S/C26H25N5O/c1-30-9-6-18(7-10-30)25-13-20(5-8-27-25)26(32)14-24-12-22-11-19(3-4-21(22)15-28-24)23-16-29-31(2)17-23/h3-6,8,11-13,15-17H,7,9-10,14H2,1-2H3. The number of pyridine rings is 2. The van der Waals surface area contributed by atoms with Crippen molar-refractivity contribution in [1.82, 2.24) is 24.6 Å². The van der Waals surface area contributed by atoms with Crippen LogP contribution < -0.4 is 0 Å². The van der Waals surface area contributed by atoms with Crippen molar-refractivity contribution in [3.8, 4) is 11.1 Å². The highest BCUT2D eigenvalue weighted by molar-refractivity contribution is 5.98. The van der Waals surface area contributed by atoms with Gasteiger partial charge in [0.2, 0.25) is 0 Å². The van der Waals surface area contributed by atoms with E-state index in [-0.39, 0.29) is 12.2 Å². The van der Waals surface area contributed by atoms with Crippen LogP contribution in [-0.2, 0) is 13.5 Å². The van der Waals surface area contributed by atoms with Crippen LogP contribution in [0.5, 0.6) is 0 Å². The number of hydrogen-bond acceptors (Lipinski definition) is 5. The van der Waals surface area contributed by atoms with E-state index in [0.29, 0.717) is 5.56 Å². The number of carbonyl (C=O) groups excluding carboxylic acids is 1. The third kappa shape index (κ3) is 4.22. The third-order valence-electron chi connectivity index (χ3n) is 5.98. The summed E-state index contributed by atoms with van der Waals surface area (Å²) in [5.74, 6) is 0.0532. The van der Waals surface area contributed by atoms with Crippen LogP contribution in [0, 0.1) is 0 Å². The molecule has 3 aromatic heterocycles. The van der Waals surface area contributed by atoms with E-state index in [9.17, 15) is 4.79 Å². The van der Waals surface area contributed by atoms with E-state index in [1.54, 1.807) is 16.9 Å². The minimum absolute atomic E-state index is 0.0532. The lowest BCUT2D eigenvalue weighted by molar-refractivity contribution is 0.0992. The molecule has 1 aliphatic heterocycles. The molecule has 0 atom stereocenters. The van der Waals surface area contributed by atoms with E-state index in [1.807, 2.05) is 37.8 Å². The van der Waals surface area contributed by atoms with Crippen LogP contribution in [0.15, 0.2) is 67.3 Å². The number of aromatic nitrogens is 4. The van der Waals surface area contributed by atoms with Gasteiger partial charge in [-0.25, -0.2) is 0 Å². The molecule has 0 fully saturated rings. The number of benzene rings is 1. The Morgan fingerprint density at radius 1 is 1.00 bits per heavy atom. The van der Waals surface area contributed by atoms with E-state index >= 15 is 0 Å². The number of rotatable bonds is 5. The third-order valence-corrected chi connectivity index (χ3v) is 5.98. The molecular weight excluding hydrogens is 398 g/mol. The molecule has 4 heterocycles. The Labute approximate surface area is 187 Å². The second-order valence-electron chi connectivity index (χ2n) is 8.41. The van der Waals surface area contributed by atoms with Gasteiger partial charge in [0.25, 0.3) is 0 Å². The number of ketones is 1. The van der Waals surface area contributed by atoms with Gasteiger partial charge in [0, 0.05) is 60.9 Å². The second kappa shape index (κ2) is 8.48. The van der Waals surface area contributed by atoms with Gasteiger partial charge in [-0.05, 0) is 54.3 Å². The van der Waals surface area contributed by atoms with Gasteiger partial charge in [-0.3, -0.25) is 19.4 Å². The van der Waals surface area contributed by atoms with Crippen LogP contribution in [0.2, 0.25) is 0 Å². The van der Waals surface area contributed by atoms with Gasteiger partial charge in [0.1, 0.15) is 0 Å². The van der Waals surface area contributed by atoms with Gasteiger partial charge >= 0.3 is 0 Å². The van der Waals surface area contributed by atoms with Crippen molar-refractivity contribution in [2.45, 2.75) is 12.8 Å². The van der Waals surface area contributed by atoms with Crippen LogP contribution in [-0.4, -0.2) is 50.6 Å². The van der Waals surface area contributed by atoms with Crippen LogP contribution >= 0.6 is 0 Å². The summed E-state index contributed by atoms with van der Waals surface area (Å²) in [4.78, 5) is 24.3. The fourth-order valence-electron chi connectivity index (χ4n) is 4.08. The maximum absolute atomic E-state index is 13.0. The summed E-state index contributed by atoms with van der Waals surface area (Å²) in [5, 5.41) is 6.37. The number of aryl methyl sites for hydroxylation is 1. The monoisotopic (exact) mass is 423 g/mol. The molecule has 0 saturated heterocycles. The summed E-state index contributed by atoms with van der Waals surface area (Å²) >= 11 is 0. The van der Waals surface area contributed by atoms with Crippen LogP contribution in [0.3, 0.4) is 0 Å². The Morgan fingerprint density at radius 2 is 1.91 bits per heavy atom. The Hall–Kier alpha value is -3.64. The molecule has 0 radical (unpaired) electrons. The molecule has 0 N–H and O–H groups in total. The van der Waals surface area contributed by atoms with Gasteiger partial charge in [0.15, 0.2) is 5.78 Å². The summed E-state index contributed by atoms with van der Waals surface area (Å²) in [6.07, 6.45) is 10.8. The quantitative estimate of drug-likeness (QED) is 0.451. The van der Waals surface area contributed by atoms with Crippen molar-refractivity contribution in [3.63, 3.8) is 0 Å². The molecule has 0 spiro atoms. The zero-order valence-corrected chi connectivity index (χ0v) is 18.3. The maximum atomic E-state index is 13.0. The largest absolute Gasteiger partial charge is 0.302 e. The molecule has 160 valence electrons. The van der Waals surface area contributed by atoms with Gasteiger partial charge in [-0.1, -0.05) is 18.2 Å². The van der Waals surface area contributed by atoms with Crippen LogP contribution in [0.1, 0.15) is 28.2 Å². The van der Waals surface area contributed by atoms with Gasteiger partial charge < -0.3 is 4.90 Å². The zero-order valence-electron chi connectivity index (χ0n) is 18.3. The van der Waals surface area contributed by atoms with Crippen molar-refractivity contribution < 1.29 is 4.79 Å². The minimum atomic E-state index is 0.0532. The molecule has 0 unspecified atom stereocenters. The lowest BCUT2D eigenvalue weighted by Crippen LogP contribution is -2.23. The highest BCUT2D eigenvalue weighted by Crippen LogP contribution is 2.25. The summed E-state index contributed by atoms with van der Waals surface area (Å²) in [6.45, 7) is 1.92. The smallest absolute Gasteiger partial charge is 0.168 e. The first-order valence-electron chi connectivity index (χ1n) is 10.8. The first-order chi connectivity index (χ1) is 15.5. The summed E-state index contributed by atoms with van der Waals surface area (Å²) in [7, 11) is 4.02. The van der Waals surface area contributed by atoms with E-state index < -0.39 is 0 Å². The van der Waals surface area contributed by atoms with Crippen molar-refractivity contribution >= 4 is 22.1 Å². The van der Waals surface area contributed by atoms with Crippen molar-refractivity contribution in [2.75, 3.05) is 20.1 Å². The zero-order chi connectivity index (χ0) is 22.1. The number of likely N-dealkylation sites (N-methyl/N-ethyl adjacent to an activating group) is 1. The predicted octanol–water partition coefficient (Wildman–Crippen LogP) is 4.17. The number of carbonyl (C=O) groups is 1. The molecule has 0 saturated carbocycles. The molecule has 4 aromatic rings. The average Bonchev–Trinajstić information content (AvgIpc) is 3.25. The second-order valence-corrected chi connectivity index (χ2v) is 8.41. The SMILES string of the molecule is CN1CC=C(c2cc(C(=O)Cc3cc4cc(-c5cnn(C)c5)ccc4cn3)ccn2)CC1. The molecule has 1 aliphatic rings. The van der Waals surface area contributed by atoms with E-state index in [0.717, 1.165) is 52.8 Å². The fraction of sp³-hybridized carbons (Fsp3) is 0.231. The Kier molecular flexibility index (Phi) is 5.37. The van der Waals surface area contributed by atoms with Crippen molar-refractivity contribution in [1.29, 1.82) is 0 Å². The van der Waals surface area contributed by atoms with E-state index in [4.69, 9.17) is 0 Å². The van der Waals surface area contributed by atoms with Crippen molar-refractivity contribution in [2.24, 2.45) is 7.05 Å². The van der Waals surface area contributed by atoms with Crippen molar-refractivity contribution in [3.05, 3.63) is 84.2 Å². The van der Waals surface area contributed by atoms with E-state index in [2.05, 4.69) is 51.3 Å². The Balaban J connectivity index is 1.38. The normalized spacial score (nSPS) is 14.5. The lowest BCUT2D eigenvalue weighted by atomic mass is 10.00. The molecule has 5 rings (SSSR count). The number of Topliss-reactive ketones (excluding diaryl/α,β-unsaturated/α-hetero) is 1. The topological polar surface area (TPSA) is 63.9 Å². The lowest BCUT2D eigenvalue weighted by Gasteiger charge is -2.21. The van der Waals surface area contributed by atoms with Gasteiger partial charge in [0.05, 0.1) is 18.3 Å². The molecule has 0 amide bonds. The predicted molar refractivity (Wildman–Crippen MR) is 126 cm³/mol. The number of nitrogens with zero attached hydrogens (tertiary/aromatic N) is 5. The molecule has 6 heteroatoms. The highest BCUT2D eigenvalue weighted by Gasteiger charge is 2.14. The highest BCUT2D eigenvalue weighted by atomic mass is 16.1. The molecular formula is C26H25N5O. The van der Waals surface area contributed by atoms with Crippen LogP contribution in [0.4, 0.5) is 0 Å². The molecule has 6 nitrogen and oxygen atoms in total. The molecule has 0 bridgehead atoms. The average molecular weight is 424 g/mol. The molecule has 32 heavy (non-hydrogen) atoms. The maximum Gasteiger partial charge on any atom is 0.168 e. The van der Waals surface area contributed by atoms with E-state index in [1.165, 1.54) is 5.57 Å². The summed E-state index contributed by atoms with van der Waals surface area (Å²) < 4.78 is 1.79. The first-order valence-corrected chi connectivity index (χ1v) is 10.8. The summed E-state index contributed by atoms with van der Waals surface area (Å²) in [5.41, 5.74) is 5.72. The molecule has 1 aromatic carbocycles. The number of fused-ring (bicyclic) bond motifs is 1. The first kappa shape index (κ1) is 20.3. The fourth-order valence-corrected chi connectivity index (χ4v) is 4.08. The minimum Gasteiger partial charge on any atom is -0.302 e. The van der Waals surface area contributed by atoms with Gasteiger partial charge in [-0.15, -0.1) is 0 Å². The summed E-state index contributed by atoms with van der Waals surface area (Å²) in [6, 6.07) is 12.0.